The van der Waals surface area contributed by atoms with Gasteiger partial charge >= 0.3 is 6.09 Å². The third-order valence-electron chi connectivity index (χ3n) is 3.62. The molecule has 0 radical (unpaired) electrons. The Balaban J connectivity index is 1.95. The second-order valence-electron chi connectivity index (χ2n) is 5.35. The molecule has 0 aliphatic carbocycles. The van der Waals surface area contributed by atoms with Crippen molar-refractivity contribution < 1.29 is 44.5 Å². The fourth-order valence-electron chi connectivity index (χ4n) is 2.23. The Hall–Kier alpha value is -1.79. The molecule has 1 aliphatic heterocycles. The third kappa shape index (κ3) is 5.09. The van der Waals surface area contributed by atoms with Crippen LogP contribution in [0.1, 0.15) is 5.56 Å². The standard InChI is InChI=1S/C15H21NO9/c1-22-23-7-10-11(18)12(19)13(20)14(24-10)25-15(21)16-9-4-2-8(6-17)3-5-9/h2-5,10-14,17-20H,6-7H2,1H3,(H,16,21). The number of hydrogen-bond donors (Lipinski definition) is 5. The molecular formula is C15H21NO9. The SMILES string of the molecule is COOCC1OC(OC(=O)Nc2ccc(CO)cc2)C(O)C(O)C1O. The number of nitrogens with one attached hydrogen (secondary N) is 1. The highest BCUT2D eigenvalue weighted by Gasteiger charge is 2.45. The van der Waals surface area contributed by atoms with E-state index >= 15 is 0 Å². The van der Waals surface area contributed by atoms with Crippen LogP contribution in [-0.4, -0.2) is 70.9 Å². The van der Waals surface area contributed by atoms with Gasteiger partial charge in [0.25, 0.3) is 0 Å². The monoisotopic (exact) mass is 359 g/mol. The summed E-state index contributed by atoms with van der Waals surface area (Å²) in [6, 6.07) is 6.33. The first-order chi connectivity index (χ1) is 12.0. The fourth-order valence-corrected chi connectivity index (χ4v) is 2.23. The van der Waals surface area contributed by atoms with Crippen LogP contribution in [0, 0.1) is 0 Å². The zero-order valence-corrected chi connectivity index (χ0v) is 13.4. The van der Waals surface area contributed by atoms with E-state index in [1.54, 1.807) is 24.3 Å². The number of rotatable bonds is 6. The van der Waals surface area contributed by atoms with Crippen molar-refractivity contribution >= 4 is 11.8 Å². The quantitative estimate of drug-likeness (QED) is 0.322. The van der Waals surface area contributed by atoms with Crippen molar-refractivity contribution in [3.8, 4) is 0 Å². The molecule has 1 aliphatic rings. The maximum atomic E-state index is 11.9. The van der Waals surface area contributed by atoms with Gasteiger partial charge in [0.05, 0.1) is 13.7 Å². The van der Waals surface area contributed by atoms with Crippen molar-refractivity contribution in [2.24, 2.45) is 0 Å². The number of benzene rings is 1. The van der Waals surface area contributed by atoms with Crippen molar-refractivity contribution in [3.63, 3.8) is 0 Å². The summed E-state index contributed by atoms with van der Waals surface area (Å²) in [6.45, 7) is -0.371. The van der Waals surface area contributed by atoms with Crippen LogP contribution < -0.4 is 5.32 Å². The van der Waals surface area contributed by atoms with E-state index in [0.717, 1.165) is 0 Å². The Morgan fingerprint density at radius 2 is 1.84 bits per heavy atom. The fraction of sp³-hybridized carbons (Fsp3) is 0.533. The van der Waals surface area contributed by atoms with Gasteiger partial charge in [-0.2, -0.15) is 0 Å². The van der Waals surface area contributed by atoms with E-state index in [1.807, 2.05) is 0 Å². The number of ether oxygens (including phenoxy) is 2. The molecule has 10 heteroatoms. The first-order valence-electron chi connectivity index (χ1n) is 7.49. The van der Waals surface area contributed by atoms with Gasteiger partial charge in [-0.05, 0) is 17.7 Å². The summed E-state index contributed by atoms with van der Waals surface area (Å²) in [7, 11) is 1.25. The molecule has 0 aromatic heterocycles. The van der Waals surface area contributed by atoms with E-state index in [9.17, 15) is 20.1 Å². The highest BCUT2D eigenvalue weighted by atomic mass is 17.2. The highest BCUT2D eigenvalue weighted by Crippen LogP contribution is 2.23. The number of aliphatic hydroxyl groups is 4. The van der Waals surface area contributed by atoms with Gasteiger partial charge in [-0.1, -0.05) is 12.1 Å². The zero-order chi connectivity index (χ0) is 18.4. The van der Waals surface area contributed by atoms with Crippen LogP contribution in [-0.2, 0) is 25.9 Å². The molecule has 0 bridgehead atoms. The molecule has 140 valence electrons. The van der Waals surface area contributed by atoms with Gasteiger partial charge < -0.3 is 29.9 Å². The summed E-state index contributed by atoms with van der Waals surface area (Å²) >= 11 is 0. The molecule has 1 fully saturated rings. The largest absolute Gasteiger partial charge is 0.416 e. The second-order valence-corrected chi connectivity index (χ2v) is 5.35. The van der Waals surface area contributed by atoms with Gasteiger partial charge in [-0.25, -0.2) is 14.6 Å². The predicted molar refractivity (Wildman–Crippen MR) is 82.1 cm³/mol. The molecule has 0 spiro atoms. The molecule has 25 heavy (non-hydrogen) atoms. The lowest BCUT2D eigenvalue weighted by atomic mass is 9.99. The van der Waals surface area contributed by atoms with Crippen LogP contribution in [0.2, 0.25) is 0 Å². The maximum absolute atomic E-state index is 11.9. The van der Waals surface area contributed by atoms with Crippen molar-refractivity contribution in [3.05, 3.63) is 29.8 Å². The van der Waals surface area contributed by atoms with E-state index in [-0.39, 0.29) is 13.2 Å². The van der Waals surface area contributed by atoms with Crippen molar-refractivity contribution in [1.29, 1.82) is 0 Å². The number of amides is 1. The molecule has 5 N–H and O–H groups in total. The molecule has 2 rings (SSSR count). The predicted octanol–water partition coefficient (Wildman–Crippen LogP) is -0.887. The molecule has 1 aromatic carbocycles. The summed E-state index contributed by atoms with van der Waals surface area (Å²) in [5.41, 5.74) is 1.07. The van der Waals surface area contributed by atoms with Gasteiger partial charge in [0.1, 0.15) is 31.0 Å². The van der Waals surface area contributed by atoms with Crippen LogP contribution in [0.3, 0.4) is 0 Å². The van der Waals surface area contributed by atoms with Crippen molar-refractivity contribution in [2.75, 3.05) is 19.0 Å². The van der Waals surface area contributed by atoms with Crippen LogP contribution in [0.4, 0.5) is 10.5 Å². The van der Waals surface area contributed by atoms with Crippen molar-refractivity contribution in [2.45, 2.75) is 37.3 Å². The maximum Gasteiger partial charge on any atom is 0.414 e. The molecule has 1 heterocycles. The summed E-state index contributed by atoms with van der Waals surface area (Å²) < 4.78 is 10.2. The molecular weight excluding hydrogens is 338 g/mol. The Morgan fingerprint density at radius 3 is 2.44 bits per heavy atom. The lowest BCUT2D eigenvalue weighted by Gasteiger charge is -2.39. The minimum Gasteiger partial charge on any atom is -0.416 e. The molecule has 5 atom stereocenters. The zero-order valence-electron chi connectivity index (χ0n) is 13.4. The van der Waals surface area contributed by atoms with Gasteiger partial charge in [0.15, 0.2) is 0 Å². The van der Waals surface area contributed by atoms with Gasteiger partial charge in [-0.15, -0.1) is 0 Å². The smallest absolute Gasteiger partial charge is 0.414 e. The normalized spacial score (nSPS) is 29.2. The molecule has 5 unspecified atom stereocenters. The summed E-state index contributed by atoms with van der Waals surface area (Å²) in [6.07, 6.45) is -8.20. The van der Waals surface area contributed by atoms with Crippen molar-refractivity contribution in [1.82, 2.24) is 0 Å². The molecule has 10 nitrogen and oxygen atoms in total. The first kappa shape index (κ1) is 19.5. The van der Waals surface area contributed by atoms with E-state index in [2.05, 4.69) is 15.1 Å². The second kappa shape index (κ2) is 9.06. The number of carbonyl (C=O) groups is 1. The van der Waals surface area contributed by atoms with Gasteiger partial charge in [0.2, 0.25) is 6.29 Å². The highest BCUT2D eigenvalue weighted by molar-refractivity contribution is 5.84. The number of anilines is 1. The Kier molecular flexibility index (Phi) is 7.08. The van der Waals surface area contributed by atoms with E-state index in [0.29, 0.717) is 11.3 Å². The molecule has 0 saturated carbocycles. The van der Waals surface area contributed by atoms with E-state index in [1.165, 1.54) is 7.11 Å². The van der Waals surface area contributed by atoms with Gasteiger partial charge in [-0.3, -0.25) is 5.32 Å². The number of carbonyl (C=O) groups excluding carboxylic acids is 1. The summed E-state index contributed by atoms with van der Waals surface area (Å²) in [5, 5.41) is 40.9. The Bertz CT molecular complexity index is 552. The lowest BCUT2D eigenvalue weighted by molar-refractivity contribution is -0.332. The average molecular weight is 359 g/mol. The van der Waals surface area contributed by atoms with Gasteiger partial charge in [0, 0.05) is 5.69 Å². The Labute approximate surface area is 143 Å². The third-order valence-corrected chi connectivity index (χ3v) is 3.62. The topological polar surface area (TPSA) is 147 Å². The number of hydrogen-bond acceptors (Lipinski definition) is 9. The average Bonchev–Trinajstić information content (AvgIpc) is 2.61. The molecule has 1 amide bonds. The van der Waals surface area contributed by atoms with E-state index < -0.39 is 36.8 Å². The number of aliphatic hydroxyl groups excluding tert-OH is 4. The lowest BCUT2D eigenvalue weighted by Crippen LogP contribution is -2.59. The Morgan fingerprint density at radius 1 is 1.16 bits per heavy atom. The minimum absolute atomic E-state index is 0.127. The molecule has 1 saturated heterocycles. The van der Waals surface area contributed by atoms with Crippen LogP contribution in [0.5, 0.6) is 0 Å². The van der Waals surface area contributed by atoms with Crippen LogP contribution in [0.15, 0.2) is 24.3 Å². The first-order valence-corrected chi connectivity index (χ1v) is 7.49. The van der Waals surface area contributed by atoms with Crippen LogP contribution in [0.25, 0.3) is 0 Å². The minimum atomic E-state index is -1.64. The summed E-state index contributed by atoms with van der Waals surface area (Å²) in [5.74, 6) is 0. The van der Waals surface area contributed by atoms with Crippen LogP contribution >= 0.6 is 0 Å². The van der Waals surface area contributed by atoms with E-state index in [4.69, 9.17) is 14.6 Å². The summed E-state index contributed by atoms with van der Waals surface area (Å²) in [4.78, 5) is 21.0. The molecule has 1 aromatic rings.